The molecule has 27 heavy (non-hydrogen) atoms. The highest BCUT2D eigenvalue weighted by Gasteiger charge is 2.13. The van der Waals surface area contributed by atoms with Crippen molar-refractivity contribution in [1.29, 1.82) is 0 Å². The van der Waals surface area contributed by atoms with Gasteiger partial charge >= 0.3 is 0 Å². The Balaban J connectivity index is 1.62. The summed E-state index contributed by atoms with van der Waals surface area (Å²) in [5, 5.41) is 6.95. The zero-order chi connectivity index (χ0) is 18.8. The van der Waals surface area contributed by atoms with Gasteiger partial charge in [-0.3, -0.25) is 0 Å². The summed E-state index contributed by atoms with van der Waals surface area (Å²) in [5.41, 5.74) is 2.73. The van der Waals surface area contributed by atoms with Crippen LogP contribution < -0.4 is 14.8 Å². The Morgan fingerprint density at radius 1 is 1.00 bits per heavy atom. The highest BCUT2D eigenvalue weighted by Crippen LogP contribution is 2.37. The first-order valence-electron chi connectivity index (χ1n) is 8.09. The van der Waals surface area contributed by atoms with Gasteiger partial charge in [0.05, 0.1) is 30.1 Å². The summed E-state index contributed by atoms with van der Waals surface area (Å²) in [6.45, 7) is 0. The van der Waals surface area contributed by atoms with Gasteiger partial charge in [0, 0.05) is 15.8 Å². The van der Waals surface area contributed by atoms with Gasteiger partial charge in [-0.1, -0.05) is 11.3 Å². The van der Waals surface area contributed by atoms with Crippen LogP contribution in [0.1, 0.15) is 0 Å². The van der Waals surface area contributed by atoms with Crippen molar-refractivity contribution in [2.75, 3.05) is 25.8 Å². The fourth-order valence-electron chi connectivity index (χ4n) is 2.65. The first-order valence-corrected chi connectivity index (χ1v) is 11.0. The molecule has 0 aliphatic rings. The molecule has 0 saturated heterocycles. The van der Waals surface area contributed by atoms with Gasteiger partial charge in [-0.25, -0.2) is 9.97 Å². The smallest absolute Gasteiger partial charge is 0.190 e. The number of methoxy groups -OCH3 is 2. The number of hydrogen-bond acceptors (Lipinski definition) is 8. The van der Waals surface area contributed by atoms with E-state index in [4.69, 9.17) is 14.5 Å². The Bertz CT molecular complexity index is 1090. The average molecular weight is 416 g/mol. The molecule has 1 N–H and O–H groups in total. The van der Waals surface area contributed by atoms with Crippen molar-refractivity contribution in [3.63, 3.8) is 0 Å². The average Bonchev–Trinajstić information content (AvgIpc) is 3.33. The molecular formula is C19H17N3O2S3. The molecule has 0 amide bonds. The van der Waals surface area contributed by atoms with E-state index in [1.54, 1.807) is 37.3 Å². The number of thiazole rings is 2. The van der Waals surface area contributed by atoms with E-state index < -0.39 is 0 Å². The maximum Gasteiger partial charge on any atom is 0.190 e. The predicted octanol–water partition coefficient (Wildman–Crippen LogP) is 5.90. The molecule has 0 radical (unpaired) electrons. The molecule has 5 nitrogen and oxygen atoms in total. The van der Waals surface area contributed by atoms with Crippen molar-refractivity contribution in [3.8, 4) is 22.8 Å². The molecule has 138 valence electrons. The first kappa shape index (κ1) is 18.1. The Labute approximate surface area is 169 Å². The van der Waals surface area contributed by atoms with Crippen LogP contribution in [0.15, 0.2) is 46.7 Å². The summed E-state index contributed by atoms with van der Waals surface area (Å²) in [6.07, 6.45) is 2.07. The van der Waals surface area contributed by atoms with E-state index in [1.807, 2.05) is 23.6 Å². The molecule has 0 unspecified atom stereocenters. The molecule has 0 bridgehead atoms. The van der Waals surface area contributed by atoms with E-state index in [-0.39, 0.29) is 0 Å². The van der Waals surface area contributed by atoms with Crippen molar-refractivity contribution in [1.82, 2.24) is 9.97 Å². The number of nitrogens with one attached hydrogen (secondary N) is 1. The minimum absolute atomic E-state index is 0.761. The van der Waals surface area contributed by atoms with Crippen molar-refractivity contribution >= 4 is 54.9 Å². The number of hydrogen-bond donors (Lipinski definition) is 1. The minimum atomic E-state index is 0.761. The molecule has 8 heteroatoms. The topological polar surface area (TPSA) is 56.3 Å². The van der Waals surface area contributed by atoms with Gasteiger partial charge in [-0.2, -0.15) is 0 Å². The summed E-state index contributed by atoms with van der Waals surface area (Å²) < 4.78 is 12.0. The highest BCUT2D eigenvalue weighted by atomic mass is 32.2. The van der Waals surface area contributed by atoms with Crippen LogP contribution in [0.2, 0.25) is 0 Å². The van der Waals surface area contributed by atoms with Crippen molar-refractivity contribution in [2.45, 2.75) is 4.90 Å². The van der Waals surface area contributed by atoms with Gasteiger partial charge in [-0.15, -0.1) is 23.1 Å². The Hall–Kier alpha value is -2.29. The second-order valence-corrected chi connectivity index (χ2v) is 8.35. The maximum atomic E-state index is 5.46. The fraction of sp³-hybridized carbons (Fsp3) is 0.158. The zero-order valence-electron chi connectivity index (χ0n) is 15.0. The lowest BCUT2D eigenvalue weighted by Gasteiger charge is -2.08. The van der Waals surface area contributed by atoms with Gasteiger partial charge in [-0.05, 0) is 42.7 Å². The fourth-order valence-corrected chi connectivity index (χ4v) is 4.84. The van der Waals surface area contributed by atoms with Crippen LogP contribution in [0.5, 0.6) is 11.5 Å². The van der Waals surface area contributed by atoms with Crippen molar-refractivity contribution in [3.05, 3.63) is 41.8 Å². The van der Waals surface area contributed by atoms with E-state index >= 15 is 0 Å². The number of aromatic nitrogens is 2. The van der Waals surface area contributed by atoms with Crippen LogP contribution in [0, 0.1) is 0 Å². The third-order valence-corrected chi connectivity index (χ3v) is 6.41. The third-order valence-electron chi connectivity index (χ3n) is 4.00. The van der Waals surface area contributed by atoms with Crippen LogP contribution in [0.4, 0.5) is 10.3 Å². The second kappa shape index (κ2) is 7.75. The minimum Gasteiger partial charge on any atom is -0.497 e. The summed E-state index contributed by atoms with van der Waals surface area (Å²) in [7, 11) is 3.30. The molecular weight excluding hydrogens is 398 g/mol. The van der Waals surface area contributed by atoms with E-state index in [9.17, 15) is 0 Å². The first-order chi connectivity index (χ1) is 13.2. The number of ether oxygens (including phenoxy) is 2. The van der Waals surface area contributed by atoms with Gasteiger partial charge in [0.15, 0.2) is 10.3 Å². The number of rotatable bonds is 6. The van der Waals surface area contributed by atoms with E-state index in [0.717, 1.165) is 43.2 Å². The molecule has 4 aromatic rings. The Morgan fingerprint density at radius 3 is 2.67 bits per heavy atom. The Kier molecular flexibility index (Phi) is 5.20. The van der Waals surface area contributed by atoms with E-state index in [1.165, 1.54) is 16.2 Å². The monoisotopic (exact) mass is 415 g/mol. The van der Waals surface area contributed by atoms with Crippen LogP contribution >= 0.6 is 34.4 Å². The molecule has 2 heterocycles. The standard InChI is InChI=1S/C19H17N3O2S3/c1-23-11-4-7-16(24-2)13(8-11)15-10-26-18(21-15)22-19-20-14-6-5-12(25-3)9-17(14)27-19/h4-10H,1-3H3,(H,20,21,22). The largest absolute Gasteiger partial charge is 0.497 e. The zero-order valence-corrected chi connectivity index (χ0v) is 17.4. The summed E-state index contributed by atoms with van der Waals surface area (Å²) in [6, 6.07) is 12.0. The van der Waals surface area contributed by atoms with Gasteiger partial charge in [0.2, 0.25) is 0 Å². The lowest BCUT2D eigenvalue weighted by atomic mass is 10.1. The predicted molar refractivity (Wildman–Crippen MR) is 115 cm³/mol. The van der Waals surface area contributed by atoms with Crippen LogP contribution in [0.25, 0.3) is 21.5 Å². The molecule has 2 aromatic heterocycles. The number of anilines is 2. The Morgan fingerprint density at radius 2 is 1.89 bits per heavy atom. The van der Waals surface area contributed by atoms with Crippen LogP contribution in [-0.4, -0.2) is 30.4 Å². The van der Waals surface area contributed by atoms with Gasteiger partial charge < -0.3 is 14.8 Å². The van der Waals surface area contributed by atoms with Crippen LogP contribution in [-0.2, 0) is 0 Å². The van der Waals surface area contributed by atoms with Gasteiger partial charge in [0.1, 0.15) is 11.5 Å². The van der Waals surface area contributed by atoms with E-state index in [0.29, 0.717) is 0 Å². The van der Waals surface area contributed by atoms with Crippen molar-refractivity contribution in [2.24, 2.45) is 0 Å². The van der Waals surface area contributed by atoms with Crippen molar-refractivity contribution < 1.29 is 9.47 Å². The van der Waals surface area contributed by atoms with E-state index in [2.05, 4.69) is 34.8 Å². The van der Waals surface area contributed by atoms with Gasteiger partial charge in [0.25, 0.3) is 0 Å². The van der Waals surface area contributed by atoms with Crippen LogP contribution in [0.3, 0.4) is 0 Å². The number of thioether (sulfide) groups is 1. The summed E-state index contributed by atoms with van der Waals surface area (Å²) >= 11 is 4.89. The summed E-state index contributed by atoms with van der Waals surface area (Å²) in [5.74, 6) is 1.53. The molecule has 0 atom stereocenters. The lowest BCUT2D eigenvalue weighted by Crippen LogP contribution is -1.91. The maximum absolute atomic E-state index is 5.46. The molecule has 0 aliphatic heterocycles. The normalized spacial score (nSPS) is 10.9. The molecule has 0 aliphatic carbocycles. The number of benzene rings is 2. The molecule has 0 saturated carbocycles. The SMILES string of the molecule is COc1ccc(OC)c(-c2csc(Nc3nc4ccc(SC)cc4s3)n2)c1. The molecule has 2 aromatic carbocycles. The summed E-state index contributed by atoms with van der Waals surface area (Å²) in [4.78, 5) is 10.6. The molecule has 4 rings (SSSR count). The third kappa shape index (κ3) is 3.73. The quantitative estimate of drug-likeness (QED) is 0.396. The number of nitrogens with zero attached hydrogens (tertiary/aromatic N) is 2. The lowest BCUT2D eigenvalue weighted by molar-refractivity contribution is 0.404. The molecule has 0 spiro atoms. The number of fused-ring (bicyclic) bond motifs is 1. The molecule has 0 fully saturated rings. The highest BCUT2D eigenvalue weighted by molar-refractivity contribution is 7.98. The second-order valence-electron chi connectivity index (χ2n) is 5.58.